The Morgan fingerprint density at radius 1 is 0.926 bits per heavy atom. The molecule has 6 rings (SSSR count). The first-order valence-corrected chi connectivity index (χ1v) is 9.17. The Hall–Kier alpha value is -3.65. The van der Waals surface area contributed by atoms with Crippen molar-refractivity contribution in [1.29, 1.82) is 0 Å². The molecule has 7 nitrogen and oxygen atoms in total. The van der Waals surface area contributed by atoms with Gasteiger partial charge in [-0.25, -0.2) is 4.63 Å². The second-order valence-corrected chi connectivity index (χ2v) is 7.26. The highest BCUT2D eigenvalue weighted by Gasteiger charge is 2.19. The summed E-state index contributed by atoms with van der Waals surface area (Å²) in [5, 5.41) is 16.9. The molecule has 0 amide bonds. The van der Waals surface area contributed by atoms with E-state index in [-0.39, 0.29) is 0 Å². The quantitative estimate of drug-likeness (QED) is 0.438. The SMILES string of the molecule is c1ccc2s[n+](-c3ccc4[nH+]n(-c5ccc6nonc6c5)nc4c3)cc2c1. The summed E-state index contributed by atoms with van der Waals surface area (Å²) in [6.45, 7) is 0. The number of rotatable bonds is 2. The molecule has 0 saturated heterocycles. The third-order valence-electron chi connectivity index (χ3n) is 4.52. The lowest BCUT2D eigenvalue weighted by Crippen LogP contribution is -2.23. The standard InChI is InChI=1S/C19H11N6OS/c1-2-4-19-12(3-1)11-24(27-19)13-5-7-15-17(9-13)21-25(20-15)14-6-8-16-18(10-14)23-26-22-16/h1-11H/q+1/p+1. The maximum absolute atomic E-state index is 4.76. The zero-order chi connectivity index (χ0) is 17.8. The molecule has 0 saturated carbocycles. The highest BCUT2D eigenvalue weighted by molar-refractivity contribution is 7.09. The molecule has 3 heterocycles. The van der Waals surface area contributed by atoms with Crippen molar-refractivity contribution in [3.05, 3.63) is 66.9 Å². The van der Waals surface area contributed by atoms with Gasteiger partial charge in [-0.15, -0.1) is 3.96 Å². The first kappa shape index (κ1) is 14.5. The summed E-state index contributed by atoms with van der Waals surface area (Å²) in [6, 6.07) is 20.3. The average Bonchev–Trinajstić information content (AvgIpc) is 3.42. The van der Waals surface area contributed by atoms with Crippen LogP contribution in [0.3, 0.4) is 0 Å². The van der Waals surface area contributed by atoms with Crippen LogP contribution in [0.5, 0.6) is 0 Å². The zero-order valence-corrected chi connectivity index (χ0v) is 14.7. The van der Waals surface area contributed by atoms with Gasteiger partial charge in [0.25, 0.3) is 5.52 Å². The van der Waals surface area contributed by atoms with Crippen molar-refractivity contribution < 1.29 is 13.7 Å². The van der Waals surface area contributed by atoms with Gasteiger partial charge < -0.3 is 0 Å². The molecule has 1 N–H and O–H groups in total. The summed E-state index contributed by atoms with van der Waals surface area (Å²) in [4.78, 5) is 1.73. The number of aromatic amines is 1. The second-order valence-electron chi connectivity index (χ2n) is 6.25. The Balaban J connectivity index is 1.46. The molecule has 3 aromatic carbocycles. The fraction of sp³-hybridized carbons (Fsp3) is 0. The maximum atomic E-state index is 4.76. The molecule has 0 aliphatic carbocycles. The first-order chi connectivity index (χ1) is 13.3. The van der Waals surface area contributed by atoms with E-state index in [1.165, 1.54) is 10.1 Å². The van der Waals surface area contributed by atoms with E-state index >= 15 is 0 Å². The Kier molecular flexibility index (Phi) is 2.91. The molecule has 6 aromatic rings. The molecule has 0 unspecified atom stereocenters. The van der Waals surface area contributed by atoms with Crippen LogP contribution in [-0.2, 0) is 0 Å². The number of nitrogens with one attached hydrogen (secondary N) is 1. The van der Waals surface area contributed by atoms with Crippen molar-refractivity contribution >= 4 is 43.7 Å². The third-order valence-corrected chi connectivity index (χ3v) is 5.61. The van der Waals surface area contributed by atoms with E-state index in [1.807, 2.05) is 24.3 Å². The lowest BCUT2D eigenvalue weighted by atomic mass is 10.2. The maximum Gasteiger partial charge on any atom is 0.256 e. The predicted molar refractivity (Wildman–Crippen MR) is 99.9 cm³/mol. The first-order valence-electron chi connectivity index (χ1n) is 8.39. The largest absolute Gasteiger partial charge is 0.256 e. The minimum absolute atomic E-state index is 0.696. The minimum atomic E-state index is 0.696. The molecule has 8 heteroatoms. The Morgan fingerprint density at radius 3 is 2.81 bits per heavy atom. The smallest absolute Gasteiger partial charge is 0.243 e. The van der Waals surface area contributed by atoms with Gasteiger partial charge in [-0.1, -0.05) is 12.1 Å². The summed E-state index contributed by atoms with van der Waals surface area (Å²) in [7, 11) is 0. The monoisotopic (exact) mass is 372 g/mol. The van der Waals surface area contributed by atoms with Crippen LogP contribution in [-0.4, -0.2) is 20.2 Å². The third kappa shape index (κ3) is 2.31. The topological polar surface area (TPSA) is 74.8 Å². The fourth-order valence-electron chi connectivity index (χ4n) is 3.16. The average molecular weight is 372 g/mol. The highest BCUT2D eigenvalue weighted by Crippen LogP contribution is 2.19. The van der Waals surface area contributed by atoms with Gasteiger partial charge in [0, 0.05) is 12.1 Å². The summed E-state index contributed by atoms with van der Waals surface area (Å²) in [6.07, 6.45) is 2.15. The molecule has 0 aliphatic heterocycles. The molecule has 3 aromatic heterocycles. The van der Waals surface area contributed by atoms with Gasteiger partial charge in [0.15, 0.2) is 11.7 Å². The molecule has 128 valence electrons. The van der Waals surface area contributed by atoms with Crippen LogP contribution >= 0.6 is 11.5 Å². The van der Waals surface area contributed by atoms with E-state index < -0.39 is 0 Å². The van der Waals surface area contributed by atoms with Gasteiger partial charge in [0.05, 0.1) is 16.6 Å². The van der Waals surface area contributed by atoms with Gasteiger partial charge in [0.2, 0.25) is 5.69 Å². The molecule has 0 radical (unpaired) electrons. The molecule has 0 bridgehead atoms. The van der Waals surface area contributed by atoms with Crippen LogP contribution in [0.2, 0.25) is 0 Å². The molecular formula is C19H12N6OS+2. The summed E-state index contributed by atoms with van der Waals surface area (Å²) < 4.78 is 8.18. The van der Waals surface area contributed by atoms with E-state index in [0.717, 1.165) is 27.9 Å². The number of H-pyrrole nitrogens is 1. The van der Waals surface area contributed by atoms with Crippen LogP contribution in [0.4, 0.5) is 0 Å². The molecule has 0 atom stereocenters. The lowest BCUT2D eigenvalue weighted by Gasteiger charge is -1.91. The van der Waals surface area contributed by atoms with Crippen LogP contribution < -0.4 is 9.06 Å². The van der Waals surface area contributed by atoms with Gasteiger partial charge >= 0.3 is 0 Å². The molecule has 0 aliphatic rings. The minimum Gasteiger partial charge on any atom is -0.243 e. The van der Waals surface area contributed by atoms with Crippen molar-refractivity contribution in [2.24, 2.45) is 0 Å². The predicted octanol–water partition coefficient (Wildman–Crippen LogP) is 2.87. The second kappa shape index (κ2) is 5.42. The van der Waals surface area contributed by atoms with Crippen molar-refractivity contribution in [3.8, 4) is 11.4 Å². The number of benzene rings is 3. The van der Waals surface area contributed by atoms with E-state index in [9.17, 15) is 0 Å². The number of nitrogens with zero attached hydrogens (tertiary/aromatic N) is 5. The van der Waals surface area contributed by atoms with Crippen molar-refractivity contribution in [1.82, 2.24) is 20.2 Å². The van der Waals surface area contributed by atoms with Crippen LogP contribution in [0, 0.1) is 0 Å². The Morgan fingerprint density at radius 2 is 1.85 bits per heavy atom. The molecular weight excluding hydrogens is 360 g/mol. The number of hydrogen-bond donors (Lipinski definition) is 0. The van der Waals surface area contributed by atoms with Gasteiger partial charge in [0.1, 0.15) is 33.0 Å². The van der Waals surface area contributed by atoms with E-state index in [1.54, 1.807) is 16.3 Å². The highest BCUT2D eigenvalue weighted by atomic mass is 32.1. The van der Waals surface area contributed by atoms with Crippen LogP contribution in [0.1, 0.15) is 0 Å². The summed E-state index contributed by atoms with van der Waals surface area (Å²) in [5.74, 6) is 0. The fourth-order valence-corrected chi connectivity index (χ4v) is 4.12. The molecule has 27 heavy (non-hydrogen) atoms. The Bertz CT molecular complexity index is 1410. The Labute approximate surface area is 156 Å². The van der Waals surface area contributed by atoms with Gasteiger partial charge in [-0.3, -0.25) is 0 Å². The number of fused-ring (bicyclic) bond motifs is 3. The summed E-state index contributed by atoms with van der Waals surface area (Å²) >= 11 is 1.71. The molecule has 0 spiro atoms. The number of hydrogen-bond acceptors (Lipinski definition) is 5. The summed E-state index contributed by atoms with van der Waals surface area (Å²) in [5.41, 5.74) is 5.21. The van der Waals surface area contributed by atoms with Crippen LogP contribution in [0.25, 0.3) is 43.5 Å². The zero-order valence-electron chi connectivity index (χ0n) is 13.9. The van der Waals surface area contributed by atoms with E-state index in [4.69, 9.17) is 4.63 Å². The van der Waals surface area contributed by atoms with Gasteiger partial charge in [-0.05, 0) is 45.4 Å². The normalized spacial score (nSPS) is 11.7. The van der Waals surface area contributed by atoms with Crippen molar-refractivity contribution in [3.63, 3.8) is 0 Å². The number of aromatic nitrogens is 6. The lowest BCUT2D eigenvalue weighted by molar-refractivity contribution is -0.518. The van der Waals surface area contributed by atoms with Crippen molar-refractivity contribution in [2.75, 3.05) is 0 Å². The van der Waals surface area contributed by atoms with E-state index in [0.29, 0.717) is 5.52 Å². The van der Waals surface area contributed by atoms with Gasteiger partial charge in [-0.2, -0.15) is 5.10 Å². The van der Waals surface area contributed by atoms with Crippen molar-refractivity contribution in [2.45, 2.75) is 0 Å². The van der Waals surface area contributed by atoms with Crippen LogP contribution in [0.15, 0.2) is 71.5 Å². The molecule has 0 fully saturated rings. The van der Waals surface area contributed by atoms with E-state index in [2.05, 4.69) is 67.1 Å².